The van der Waals surface area contributed by atoms with Gasteiger partial charge in [0.1, 0.15) is 18.0 Å². The normalized spacial score (nSPS) is 21.5. The molecule has 0 aromatic carbocycles. The second kappa shape index (κ2) is 7.04. The van der Waals surface area contributed by atoms with Crippen LogP contribution in [0.3, 0.4) is 0 Å². The maximum Gasteiger partial charge on any atom is 0.134 e. The number of hydrogen-bond acceptors (Lipinski definition) is 6. The van der Waals surface area contributed by atoms with E-state index in [1.54, 1.807) is 6.33 Å². The second-order valence-electron chi connectivity index (χ2n) is 5.85. The Kier molecular flexibility index (Phi) is 4.87. The summed E-state index contributed by atoms with van der Waals surface area (Å²) in [6.45, 7) is 9.90. The van der Waals surface area contributed by atoms with E-state index in [-0.39, 0.29) is 0 Å². The first-order valence-electron chi connectivity index (χ1n) is 8.12. The molecule has 3 rings (SSSR count). The van der Waals surface area contributed by atoms with Gasteiger partial charge in [-0.1, -0.05) is 6.92 Å². The molecular weight excluding hydrogens is 264 g/mol. The maximum absolute atomic E-state index is 4.45. The Morgan fingerprint density at radius 2 is 1.95 bits per heavy atom. The van der Waals surface area contributed by atoms with E-state index in [2.05, 4.69) is 43.4 Å². The third kappa shape index (κ3) is 3.83. The average Bonchev–Trinajstić information content (AvgIpc) is 2.56. The molecule has 0 radical (unpaired) electrons. The number of nitrogens with zero attached hydrogens (tertiary/aromatic N) is 4. The van der Waals surface area contributed by atoms with Gasteiger partial charge in [-0.05, 0) is 32.5 Å². The van der Waals surface area contributed by atoms with Gasteiger partial charge in [0, 0.05) is 38.3 Å². The molecule has 21 heavy (non-hydrogen) atoms. The van der Waals surface area contributed by atoms with Crippen molar-refractivity contribution < 1.29 is 0 Å². The summed E-state index contributed by atoms with van der Waals surface area (Å²) in [5.74, 6) is 2.02. The Morgan fingerprint density at radius 3 is 2.67 bits per heavy atom. The highest BCUT2D eigenvalue weighted by atomic mass is 15.3. The van der Waals surface area contributed by atoms with E-state index in [1.807, 2.05) is 0 Å². The first kappa shape index (κ1) is 14.5. The number of likely N-dealkylation sites (N-methyl/N-ethyl adjacent to an activating group) is 1. The van der Waals surface area contributed by atoms with Gasteiger partial charge in [-0.2, -0.15) is 0 Å². The first-order valence-corrected chi connectivity index (χ1v) is 8.12. The Bertz CT molecular complexity index is 438. The summed E-state index contributed by atoms with van der Waals surface area (Å²) in [6, 6.07) is 2.63. The number of piperidine rings is 1. The molecule has 0 unspecified atom stereocenters. The molecule has 6 nitrogen and oxygen atoms in total. The number of rotatable bonds is 4. The van der Waals surface area contributed by atoms with Gasteiger partial charge in [-0.25, -0.2) is 9.97 Å². The third-order valence-electron chi connectivity index (χ3n) is 4.49. The van der Waals surface area contributed by atoms with Crippen molar-refractivity contribution in [2.24, 2.45) is 0 Å². The van der Waals surface area contributed by atoms with E-state index in [1.165, 1.54) is 0 Å². The Balaban J connectivity index is 1.60. The standard InChI is InChI=1S/C15H26N6/c1-2-20-7-9-21(10-8-20)15-11-14(17-12-18-15)19-13-3-5-16-6-4-13/h11-13,16H,2-10H2,1H3,(H,17,18,19). The van der Waals surface area contributed by atoms with Crippen molar-refractivity contribution in [2.45, 2.75) is 25.8 Å². The monoisotopic (exact) mass is 290 g/mol. The Hall–Kier alpha value is -1.40. The Morgan fingerprint density at radius 1 is 1.19 bits per heavy atom. The lowest BCUT2D eigenvalue weighted by atomic mass is 10.1. The molecule has 116 valence electrons. The van der Waals surface area contributed by atoms with Gasteiger partial charge in [-0.15, -0.1) is 0 Å². The lowest BCUT2D eigenvalue weighted by molar-refractivity contribution is 0.270. The largest absolute Gasteiger partial charge is 0.367 e. The van der Waals surface area contributed by atoms with Crippen molar-refractivity contribution in [3.8, 4) is 0 Å². The van der Waals surface area contributed by atoms with Gasteiger partial charge in [0.05, 0.1) is 0 Å². The highest BCUT2D eigenvalue weighted by Gasteiger charge is 2.18. The molecule has 0 saturated carbocycles. The quantitative estimate of drug-likeness (QED) is 0.855. The van der Waals surface area contributed by atoms with Gasteiger partial charge in [0.15, 0.2) is 0 Å². The van der Waals surface area contributed by atoms with Crippen LogP contribution in [-0.4, -0.2) is 66.7 Å². The van der Waals surface area contributed by atoms with E-state index in [4.69, 9.17) is 0 Å². The number of nitrogens with one attached hydrogen (secondary N) is 2. The van der Waals surface area contributed by atoms with Gasteiger partial charge in [0.25, 0.3) is 0 Å². The lowest BCUT2D eigenvalue weighted by Crippen LogP contribution is -2.46. The summed E-state index contributed by atoms with van der Waals surface area (Å²) in [5.41, 5.74) is 0. The van der Waals surface area contributed by atoms with Crippen LogP contribution in [0.2, 0.25) is 0 Å². The maximum atomic E-state index is 4.45. The summed E-state index contributed by atoms with van der Waals surface area (Å²) in [4.78, 5) is 13.7. The van der Waals surface area contributed by atoms with Crippen LogP contribution < -0.4 is 15.5 Å². The zero-order valence-corrected chi connectivity index (χ0v) is 12.9. The molecule has 3 heterocycles. The van der Waals surface area contributed by atoms with Crippen LogP contribution in [0.1, 0.15) is 19.8 Å². The minimum Gasteiger partial charge on any atom is -0.367 e. The highest BCUT2D eigenvalue weighted by Crippen LogP contribution is 2.18. The van der Waals surface area contributed by atoms with Crippen molar-refractivity contribution >= 4 is 11.6 Å². The van der Waals surface area contributed by atoms with Crippen LogP contribution in [0.15, 0.2) is 12.4 Å². The number of piperazine rings is 1. The summed E-state index contributed by atoms with van der Waals surface area (Å²) >= 11 is 0. The number of aromatic nitrogens is 2. The van der Waals surface area contributed by atoms with Crippen LogP contribution >= 0.6 is 0 Å². The van der Waals surface area contributed by atoms with E-state index < -0.39 is 0 Å². The Labute approximate surface area is 126 Å². The molecule has 0 amide bonds. The van der Waals surface area contributed by atoms with Gasteiger partial charge in [-0.3, -0.25) is 0 Å². The van der Waals surface area contributed by atoms with E-state index >= 15 is 0 Å². The molecule has 2 aliphatic heterocycles. The number of hydrogen-bond donors (Lipinski definition) is 2. The first-order chi connectivity index (χ1) is 10.3. The van der Waals surface area contributed by atoms with E-state index in [9.17, 15) is 0 Å². The predicted octanol–water partition coefficient (Wildman–Crippen LogP) is 0.782. The van der Waals surface area contributed by atoms with Crippen LogP contribution in [-0.2, 0) is 0 Å². The van der Waals surface area contributed by atoms with E-state index in [0.717, 1.165) is 70.3 Å². The van der Waals surface area contributed by atoms with Crippen molar-refractivity contribution in [1.82, 2.24) is 20.2 Å². The van der Waals surface area contributed by atoms with Crippen LogP contribution in [0.25, 0.3) is 0 Å². The predicted molar refractivity (Wildman–Crippen MR) is 85.9 cm³/mol. The van der Waals surface area contributed by atoms with Crippen molar-refractivity contribution in [2.75, 3.05) is 56.0 Å². The van der Waals surface area contributed by atoms with Gasteiger partial charge < -0.3 is 20.4 Å². The molecule has 1 aromatic rings. The van der Waals surface area contributed by atoms with Crippen LogP contribution in [0, 0.1) is 0 Å². The fraction of sp³-hybridized carbons (Fsp3) is 0.733. The van der Waals surface area contributed by atoms with E-state index in [0.29, 0.717) is 6.04 Å². The summed E-state index contributed by atoms with van der Waals surface area (Å²) < 4.78 is 0. The smallest absolute Gasteiger partial charge is 0.134 e. The molecule has 0 atom stereocenters. The molecule has 0 bridgehead atoms. The molecule has 2 aliphatic rings. The molecule has 2 fully saturated rings. The van der Waals surface area contributed by atoms with Crippen molar-refractivity contribution in [3.05, 3.63) is 12.4 Å². The van der Waals surface area contributed by atoms with Crippen LogP contribution in [0.5, 0.6) is 0 Å². The zero-order chi connectivity index (χ0) is 14.5. The average molecular weight is 290 g/mol. The SMILES string of the molecule is CCN1CCN(c2cc(NC3CCNCC3)ncn2)CC1. The minimum absolute atomic E-state index is 0.533. The lowest BCUT2D eigenvalue weighted by Gasteiger charge is -2.34. The topological polar surface area (TPSA) is 56.3 Å². The highest BCUT2D eigenvalue weighted by molar-refractivity contribution is 5.49. The summed E-state index contributed by atoms with van der Waals surface area (Å²) in [7, 11) is 0. The third-order valence-corrected chi connectivity index (χ3v) is 4.49. The molecule has 1 aromatic heterocycles. The van der Waals surface area contributed by atoms with Gasteiger partial charge >= 0.3 is 0 Å². The molecule has 2 saturated heterocycles. The summed E-state index contributed by atoms with van der Waals surface area (Å²) in [6.07, 6.45) is 4.01. The van der Waals surface area contributed by atoms with Crippen LogP contribution in [0.4, 0.5) is 11.6 Å². The fourth-order valence-electron chi connectivity index (χ4n) is 3.07. The van der Waals surface area contributed by atoms with Gasteiger partial charge in [0.2, 0.25) is 0 Å². The van der Waals surface area contributed by atoms with Crippen molar-refractivity contribution in [1.29, 1.82) is 0 Å². The van der Waals surface area contributed by atoms with Crippen molar-refractivity contribution in [3.63, 3.8) is 0 Å². The molecular formula is C15H26N6. The number of anilines is 2. The second-order valence-corrected chi connectivity index (χ2v) is 5.85. The molecule has 2 N–H and O–H groups in total. The molecule has 6 heteroatoms. The molecule has 0 aliphatic carbocycles. The fourth-order valence-corrected chi connectivity index (χ4v) is 3.07. The zero-order valence-electron chi connectivity index (χ0n) is 12.9. The minimum atomic E-state index is 0.533. The summed E-state index contributed by atoms with van der Waals surface area (Å²) in [5, 5.41) is 6.94. The molecule has 0 spiro atoms.